The summed E-state index contributed by atoms with van der Waals surface area (Å²) in [6, 6.07) is 3.17. The Labute approximate surface area is 106 Å². The lowest BCUT2D eigenvalue weighted by molar-refractivity contribution is 0.277. The van der Waals surface area contributed by atoms with Gasteiger partial charge in [0, 0.05) is 29.7 Å². The van der Waals surface area contributed by atoms with Crippen molar-refractivity contribution >= 4 is 10.9 Å². The third kappa shape index (κ3) is 2.38. The van der Waals surface area contributed by atoms with Crippen molar-refractivity contribution in [2.24, 2.45) is 0 Å². The van der Waals surface area contributed by atoms with E-state index in [1.807, 2.05) is 7.05 Å². The molecule has 2 rings (SSSR count). The van der Waals surface area contributed by atoms with E-state index in [-0.39, 0.29) is 0 Å². The Balaban J connectivity index is 2.26. The molecule has 4 heteroatoms. The molecule has 0 aliphatic carbocycles. The smallest absolute Gasteiger partial charge is 0.168 e. The van der Waals surface area contributed by atoms with Gasteiger partial charge in [-0.25, -0.2) is 8.78 Å². The van der Waals surface area contributed by atoms with Crippen molar-refractivity contribution in [1.82, 2.24) is 9.88 Å². The molecule has 0 unspecified atom stereocenters. The van der Waals surface area contributed by atoms with Crippen molar-refractivity contribution in [3.05, 3.63) is 35.5 Å². The first-order valence-electron chi connectivity index (χ1n) is 6.15. The summed E-state index contributed by atoms with van der Waals surface area (Å²) in [7, 11) is 2.02. The lowest BCUT2D eigenvalue weighted by Gasteiger charge is -2.20. The highest BCUT2D eigenvalue weighted by molar-refractivity contribution is 5.83. The lowest BCUT2D eigenvalue weighted by Crippen LogP contribution is -2.28. The molecule has 2 nitrogen and oxygen atoms in total. The quantitative estimate of drug-likeness (QED) is 0.884. The Bertz CT molecular complexity index is 546. The third-order valence-electron chi connectivity index (χ3n) is 3.43. The Morgan fingerprint density at radius 2 is 2.00 bits per heavy atom. The van der Waals surface area contributed by atoms with Crippen LogP contribution in [-0.4, -0.2) is 29.5 Å². The zero-order valence-electron chi connectivity index (χ0n) is 10.9. The van der Waals surface area contributed by atoms with Crippen LogP contribution in [0.1, 0.15) is 19.4 Å². The summed E-state index contributed by atoms with van der Waals surface area (Å²) >= 11 is 0. The van der Waals surface area contributed by atoms with Crippen LogP contribution < -0.4 is 0 Å². The van der Waals surface area contributed by atoms with Gasteiger partial charge in [-0.15, -0.1) is 0 Å². The average Bonchev–Trinajstić information content (AvgIpc) is 2.74. The van der Waals surface area contributed by atoms with Crippen molar-refractivity contribution in [1.29, 1.82) is 0 Å². The maximum atomic E-state index is 13.8. The maximum absolute atomic E-state index is 13.8. The minimum atomic E-state index is -0.791. The molecule has 0 saturated carbocycles. The standard InChI is InChI=1S/C14H18F2N2/c1-9(2)18(3)7-6-10-8-17-12-5-4-11(15)14(16)13(10)12/h4-5,8-9,17H,6-7H2,1-3H3. The topological polar surface area (TPSA) is 19.0 Å². The van der Waals surface area contributed by atoms with E-state index in [0.29, 0.717) is 23.4 Å². The second-order valence-electron chi connectivity index (χ2n) is 4.92. The fraction of sp³-hybridized carbons (Fsp3) is 0.429. The second-order valence-corrected chi connectivity index (χ2v) is 4.92. The molecule has 1 heterocycles. The van der Waals surface area contributed by atoms with Crippen LogP contribution in [0.5, 0.6) is 0 Å². The van der Waals surface area contributed by atoms with Gasteiger partial charge in [0.05, 0.1) is 0 Å². The van der Waals surface area contributed by atoms with Crippen LogP contribution in [0.4, 0.5) is 8.78 Å². The van der Waals surface area contributed by atoms with Crippen molar-refractivity contribution < 1.29 is 8.78 Å². The number of likely N-dealkylation sites (N-methyl/N-ethyl adjacent to an activating group) is 1. The molecule has 98 valence electrons. The van der Waals surface area contributed by atoms with E-state index >= 15 is 0 Å². The molecule has 0 aliphatic heterocycles. The van der Waals surface area contributed by atoms with Crippen LogP contribution >= 0.6 is 0 Å². The van der Waals surface area contributed by atoms with Crippen molar-refractivity contribution in [3.8, 4) is 0 Å². The van der Waals surface area contributed by atoms with Gasteiger partial charge >= 0.3 is 0 Å². The number of aromatic nitrogens is 1. The SMILES string of the molecule is CC(C)N(C)CCc1c[nH]c2ccc(F)c(F)c12. The van der Waals surface area contributed by atoms with Crippen LogP contribution in [0.15, 0.2) is 18.3 Å². The van der Waals surface area contributed by atoms with Crippen LogP contribution in [0, 0.1) is 11.6 Å². The van der Waals surface area contributed by atoms with Crippen molar-refractivity contribution in [3.63, 3.8) is 0 Å². The Morgan fingerprint density at radius 1 is 1.28 bits per heavy atom. The molecule has 18 heavy (non-hydrogen) atoms. The van der Waals surface area contributed by atoms with Gasteiger partial charge in [0.2, 0.25) is 0 Å². The van der Waals surface area contributed by atoms with E-state index in [4.69, 9.17) is 0 Å². The molecule has 0 atom stereocenters. The van der Waals surface area contributed by atoms with Crippen LogP contribution in [0.2, 0.25) is 0 Å². The Hall–Kier alpha value is -1.42. The van der Waals surface area contributed by atoms with Crippen LogP contribution in [0.3, 0.4) is 0 Å². The summed E-state index contributed by atoms with van der Waals surface area (Å²) < 4.78 is 27.0. The van der Waals surface area contributed by atoms with Gasteiger partial charge < -0.3 is 9.88 Å². The number of fused-ring (bicyclic) bond motifs is 1. The largest absolute Gasteiger partial charge is 0.361 e. The molecule has 1 N–H and O–H groups in total. The highest BCUT2D eigenvalue weighted by atomic mass is 19.2. The highest BCUT2D eigenvalue weighted by Gasteiger charge is 2.13. The van der Waals surface area contributed by atoms with Gasteiger partial charge in [0.15, 0.2) is 11.6 Å². The number of hydrogen-bond donors (Lipinski definition) is 1. The molecule has 0 aliphatic rings. The molecule has 0 saturated heterocycles. The van der Waals surface area contributed by atoms with E-state index in [1.165, 1.54) is 0 Å². The van der Waals surface area contributed by atoms with Crippen molar-refractivity contribution in [2.75, 3.05) is 13.6 Å². The van der Waals surface area contributed by atoms with Crippen LogP contribution in [-0.2, 0) is 6.42 Å². The van der Waals surface area contributed by atoms with Crippen molar-refractivity contribution in [2.45, 2.75) is 26.3 Å². The molecule has 0 bridgehead atoms. The third-order valence-corrected chi connectivity index (χ3v) is 3.43. The number of halogens is 2. The number of nitrogens with zero attached hydrogens (tertiary/aromatic N) is 1. The van der Waals surface area contributed by atoms with Gasteiger partial charge in [-0.3, -0.25) is 0 Å². The van der Waals surface area contributed by atoms with Crippen LogP contribution in [0.25, 0.3) is 10.9 Å². The summed E-state index contributed by atoms with van der Waals surface area (Å²) in [6.07, 6.45) is 2.47. The van der Waals surface area contributed by atoms with Gasteiger partial charge in [-0.2, -0.15) is 0 Å². The van der Waals surface area contributed by atoms with Gasteiger partial charge in [-0.1, -0.05) is 0 Å². The number of aromatic amines is 1. The van der Waals surface area contributed by atoms with E-state index in [1.54, 1.807) is 12.3 Å². The molecule has 1 aromatic heterocycles. The first-order valence-corrected chi connectivity index (χ1v) is 6.15. The predicted octanol–water partition coefficient (Wildman–Crippen LogP) is 3.33. The molecular weight excluding hydrogens is 234 g/mol. The second kappa shape index (κ2) is 5.06. The molecular formula is C14H18F2N2. The summed E-state index contributed by atoms with van der Waals surface area (Å²) in [4.78, 5) is 5.16. The number of H-pyrrole nitrogens is 1. The summed E-state index contributed by atoms with van der Waals surface area (Å²) in [5, 5.41) is 0.382. The molecule has 1 aromatic carbocycles. The monoisotopic (exact) mass is 252 g/mol. The Morgan fingerprint density at radius 3 is 2.67 bits per heavy atom. The first kappa shape index (κ1) is 13.0. The number of rotatable bonds is 4. The zero-order chi connectivity index (χ0) is 13.3. The maximum Gasteiger partial charge on any atom is 0.168 e. The minimum absolute atomic E-state index is 0.382. The zero-order valence-corrected chi connectivity index (χ0v) is 10.9. The normalized spacial score (nSPS) is 11.9. The fourth-order valence-corrected chi connectivity index (χ4v) is 1.97. The molecule has 0 radical (unpaired) electrons. The highest BCUT2D eigenvalue weighted by Crippen LogP contribution is 2.24. The predicted molar refractivity (Wildman–Crippen MR) is 69.7 cm³/mol. The van der Waals surface area contributed by atoms with Gasteiger partial charge in [0.1, 0.15) is 0 Å². The van der Waals surface area contributed by atoms with E-state index in [9.17, 15) is 8.78 Å². The fourth-order valence-electron chi connectivity index (χ4n) is 1.97. The molecule has 0 amide bonds. The molecule has 0 fully saturated rings. The summed E-state index contributed by atoms with van der Waals surface area (Å²) in [5.41, 5.74) is 1.48. The summed E-state index contributed by atoms with van der Waals surface area (Å²) in [6.45, 7) is 5.03. The molecule has 2 aromatic rings. The van der Waals surface area contributed by atoms with Gasteiger partial charge in [0.25, 0.3) is 0 Å². The lowest BCUT2D eigenvalue weighted by atomic mass is 10.1. The van der Waals surface area contributed by atoms with E-state index in [0.717, 1.165) is 18.2 Å². The number of hydrogen-bond acceptors (Lipinski definition) is 1. The molecule has 0 spiro atoms. The van der Waals surface area contributed by atoms with E-state index < -0.39 is 11.6 Å². The Kier molecular flexibility index (Phi) is 3.66. The van der Waals surface area contributed by atoms with E-state index in [2.05, 4.69) is 23.7 Å². The number of benzene rings is 1. The summed E-state index contributed by atoms with van der Waals surface area (Å²) in [5.74, 6) is -1.54. The minimum Gasteiger partial charge on any atom is -0.361 e. The van der Waals surface area contributed by atoms with Gasteiger partial charge in [-0.05, 0) is 45.0 Å². The first-order chi connectivity index (χ1) is 8.50. The number of nitrogens with one attached hydrogen (secondary N) is 1. The average molecular weight is 252 g/mol.